The van der Waals surface area contributed by atoms with Gasteiger partial charge in [0.05, 0.1) is 68.1 Å². The second-order valence-electron chi connectivity index (χ2n) is 27.0. The Labute approximate surface area is 612 Å². The summed E-state index contributed by atoms with van der Waals surface area (Å²) in [5.41, 5.74) is 1.14. The lowest BCUT2D eigenvalue weighted by molar-refractivity contribution is -0.140. The van der Waals surface area contributed by atoms with Crippen LogP contribution in [0.5, 0.6) is 0 Å². The maximum Gasteiger partial charge on any atom is 0.406 e. The monoisotopic (exact) mass is 1480 g/mol. The molecule has 104 heavy (non-hydrogen) atoms. The first-order chi connectivity index (χ1) is 50.0. The fourth-order valence-corrected chi connectivity index (χ4v) is 16.2. The van der Waals surface area contributed by atoms with E-state index in [2.05, 4.69) is 30.6 Å². The van der Waals surface area contributed by atoms with Crippen molar-refractivity contribution in [3.8, 4) is 0 Å². The summed E-state index contributed by atoms with van der Waals surface area (Å²) in [4.78, 5) is 132. The first-order valence-corrected chi connectivity index (χ1v) is 37.9. The molecular weight excluding hydrogens is 1400 g/mol. The number of carbonyl (C=O) groups excluding carboxylic acids is 6. The molecule has 9 aromatic rings. The van der Waals surface area contributed by atoms with Gasteiger partial charge in [0.1, 0.15) is 23.2 Å². The Morgan fingerprint density at radius 3 is 1.02 bits per heavy atom. The molecule has 6 aromatic heterocycles. The number of piperazine rings is 3. The minimum absolute atomic E-state index is 0.0192. The molecule has 4 aliphatic rings. The molecule has 9 heterocycles. The Kier molecular flexibility index (Phi) is 24.3. The fraction of sp³-hybridized carbons (Fsp3) is 0.416. The molecule has 27 heteroatoms. The van der Waals surface area contributed by atoms with E-state index in [9.17, 15) is 56.3 Å². The van der Waals surface area contributed by atoms with Crippen molar-refractivity contribution in [2.45, 2.75) is 99.5 Å². The topological polar surface area (TPSA) is 216 Å². The average Bonchev–Trinajstić information content (AvgIpc) is 0.766. The summed E-state index contributed by atoms with van der Waals surface area (Å²) in [5, 5.41) is 7.68. The number of amides is 3. The molecule has 0 bridgehead atoms. The smallest absolute Gasteiger partial charge is 0.406 e. The zero-order chi connectivity index (χ0) is 74.0. The number of carbonyl (C=O) groups is 6. The van der Waals surface area contributed by atoms with E-state index in [4.69, 9.17) is 14.2 Å². The molecule has 3 amide bonds. The van der Waals surface area contributed by atoms with Gasteiger partial charge >= 0.3 is 24.1 Å². The van der Waals surface area contributed by atoms with E-state index >= 15 is 0 Å². The summed E-state index contributed by atoms with van der Waals surface area (Å²) in [6.07, 6.45) is 1.19. The molecule has 4 fully saturated rings. The number of hydrogen-bond donors (Lipinski definition) is 0. The van der Waals surface area contributed by atoms with Crippen LogP contribution in [0.2, 0.25) is 0 Å². The lowest BCUT2D eigenvalue weighted by atomic mass is 9.89. The van der Waals surface area contributed by atoms with Crippen molar-refractivity contribution in [3.63, 3.8) is 0 Å². The SMILES string of the molecule is CCOC(=O)c1c(N2CCN(C(=O)c3cccs3)CC2)c2ccccc2n(CC(C)(C)C)c1=O.CCOC(=O)c1c(N2CCN(C(=O)c3cccs3)CC2)c2ccccc2n(CC(F)(F)F)c1=O.CCOC(=O)c1c(N2CCN(C(=O)c3cccs3)CC2)c2ccccc2n(CC2CCCCC2)c1=O. The van der Waals surface area contributed by atoms with E-state index in [0.717, 1.165) is 44.4 Å². The van der Waals surface area contributed by atoms with E-state index < -0.39 is 41.8 Å². The van der Waals surface area contributed by atoms with Crippen LogP contribution in [-0.4, -0.2) is 169 Å². The first kappa shape index (κ1) is 75.6. The van der Waals surface area contributed by atoms with Crippen LogP contribution in [0.3, 0.4) is 0 Å². The Balaban J connectivity index is 0.000000156. The Hall–Kier alpha value is -9.60. The molecule has 0 unspecified atom stereocenters. The number of benzene rings is 3. The number of esters is 3. The second-order valence-corrected chi connectivity index (χ2v) is 29.9. The molecular formula is C77H86F3N9O12S3. The highest BCUT2D eigenvalue weighted by Crippen LogP contribution is 2.37. The predicted octanol–water partition coefficient (Wildman–Crippen LogP) is 12.8. The van der Waals surface area contributed by atoms with Crippen LogP contribution in [0.1, 0.15) is 134 Å². The van der Waals surface area contributed by atoms with E-state index in [-0.39, 0.29) is 76.4 Å². The lowest BCUT2D eigenvalue weighted by Crippen LogP contribution is -2.49. The van der Waals surface area contributed by atoms with Gasteiger partial charge in [-0.2, -0.15) is 13.2 Å². The summed E-state index contributed by atoms with van der Waals surface area (Å²) in [7, 11) is 0. The fourth-order valence-electron chi connectivity index (χ4n) is 14.2. The van der Waals surface area contributed by atoms with Crippen LogP contribution in [0.15, 0.2) is 140 Å². The summed E-state index contributed by atoms with van der Waals surface area (Å²) >= 11 is 4.22. The Morgan fingerprint density at radius 1 is 0.413 bits per heavy atom. The van der Waals surface area contributed by atoms with Crippen LogP contribution >= 0.6 is 34.0 Å². The van der Waals surface area contributed by atoms with Crippen molar-refractivity contribution in [1.82, 2.24) is 28.4 Å². The van der Waals surface area contributed by atoms with Gasteiger partial charge in [-0.3, -0.25) is 33.3 Å². The van der Waals surface area contributed by atoms with Gasteiger partial charge in [-0.1, -0.05) is 113 Å². The molecule has 0 atom stereocenters. The first-order valence-electron chi connectivity index (χ1n) is 35.3. The zero-order valence-corrected chi connectivity index (χ0v) is 61.7. The number of hydrogen-bond acceptors (Lipinski definition) is 18. The number of pyridine rings is 3. The largest absolute Gasteiger partial charge is 0.462 e. The number of halogens is 3. The van der Waals surface area contributed by atoms with Crippen LogP contribution in [0, 0.1) is 11.3 Å². The zero-order valence-electron chi connectivity index (χ0n) is 59.2. The summed E-state index contributed by atoms with van der Waals surface area (Å²) in [6.45, 7) is 16.7. The van der Waals surface area contributed by atoms with E-state index in [0.29, 0.717) is 124 Å². The molecule has 0 spiro atoms. The van der Waals surface area contributed by atoms with Gasteiger partial charge in [0.2, 0.25) is 0 Å². The number of nitrogens with zero attached hydrogens (tertiary/aromatic N) is 9. The predicted molar refractivity (Wildman–Crippen MR) is 402 cm³/mol. The number of ether oxygens (including phenoxy) is 3. The standard InChI is InChI=1S/C28H33N3O4S.C26H31N3O4S.C23H22F3N3O4S/c1-2-35-28(34)24-25(29-14-16-30(17-15-29)26(32)23-13-8-18-36-23)21-11-6-7-12-22(21)31(27(24)33)19-20-9-4-3-5-10-20;1-5-33-25(32)21-22(27-12-14-28(15-13-27)23(30)20-11-8-16-34-20)18-9-6-7-10-19(18)29(24(21)31)17-26(2,3)4;1-2-33-22(32)18-19(27-9-11-28(12-10-27)20(30)17-8-5-13-34-17)15-6-3-4-7-16(15)29(21(18)31)14-23(24,25)26/h6-8,11-13,18,20H,2-5,9-10,14-17,19H2,1H3;6-11,16H,5,12-15,17H2,1-4H3;3-8,13H,2,9-12,14H2,1H3. The lowest BCUT2D eigenvalue weighted by Gasteiger charge is -2.37. The quantitative estimate of drug-likeness (QED) is 0.0649. The van der Waals surface area contributed by atoms with Crippen molar-refractivity contribution < 1.29 is 56.1 Å². The van der Waals surface area contributed by atoms with Crippen molar-refractivity contribution in [1.29, 1.82) is 0 Å². The summed E-state index contributed by atoms with van der Waals surface area (Å²) in [6, 6.07) is 32.8. The molecule has 3 saturated heterocycles. The number of para-hydroxylation sites is 3. The molecule has 3 aliphatic heterocycles. The van der Waals surface area contributed by atoms with Gasteiger partial charge in [-0.05, 0) is 97.5 Å². The van der Waals surface area contributed by atoms with Crippen molar-refractivity contribution >= 4 is 119 Å². The third-order valence-electron chi connectivity index (χ3n) is 18.9. The molecule has 0 radical (unpaired) electrons. The molecule has 3 aromatic carbocycles. The van der Waals surface area contributed by atoms with Crippen molar-refractivity contribution in [2.75, 3.05) is 113 Å². The Morgan fingerprint density at radius 2 is 0.721 bits per heavy atom. The summed E-state index contributed by atoms with van der Waals surface area (Å²) < 4.78 is 59.8. The van der Waals surface area contributed by atoms with Crippen LogP contribution in [0.25, 0.3) is 32.7 Å². The molecule has 21 nitrogen and oxygen atoms in total. The molecule has 13 rings (SSSR count). The highest BCUT2D eigenvalue weighted by Gasteiger charge is 2.37. The van der Waals surface area contributed by atoms with Gasteiger partial charge in [-0.25, -0.2) is 14.4 Å². The maximum absolute atomic E-state index is 13.9. The third kappa shape index (κ3) is 17.0. The molecule has 1 aliphatic carbocycles. The molecule has 1 saturated carbocycles. The molecule has 0 N–H and O–H groups in total. The van der Waals surface area contributed by atoms with Gasteiger partial charge < -0.3 is 52.7 Å². The van der Waals surface area contributed by atoms with Gasteiger partial charge in [0.15, 0.2) is 0 Å². The van der Waals surface area contributed by atoms with Crippen molar-refractivity contribution in [3.05, 3.63) is 188 Å². The van der Waals surface area contributed by atoms with E-state index in [1.165, 1.54) is 59.3 Å². The maximum atomic E-state index is 13.9. The third-order valence-corrected chi connectivity index (χ3v) is 21.4. The van der Waals surface area contributed by atoms with Crippen LogP contribution < -0.4 is 31.4 Å². The minimum atomic E-state index is -4.66. The van der Waals surface area contributed by atoms with E-state index in [1.807, 2.05) is 98.7 Å². The number of fused-ring (bicyclic) bond motifs is 3. The minimum Gasteiger partial charge on any atom is -0.462 e. The van der Waals surface area contributed by atoms with E-state index in [1.54, 1.807) is 70.0 Å². The number of thiophene rings is 3. The van der Waals surface area contributed by atoms with Gasteiger partial charge in [-0.15, -0.1) is 34.0 Å². The van der Waals surface area contributed by atoms with Crippen molar-refractivity contribution in [2.24, 2.45) is 11.3 Å². The second kappa shape index (κ2) is 33.5. The Bertz CT molecular complexity index is 4550. The van der Waals surface area contributed by atoms with Crippen LogP contribution in [-0.2, 0) is 33.8 Å². The highest BCUT2D eigenvalue weighted by molar-refractivity contribution is 7.12. The average molecular weight is 1480 g/mol. The number of aromatic nitrogens is 3. The van der Waals surface area contributed by atoms with Gasteiger partial charge in [0.25, 0.3) is 34.4 Å². The van der Waals surface area contributed by atoms with Crippen LogP contribution in [0.4, 0.5) is 30.2 Å². The molecule has 550 valence electrons. The highest BCUT2D eigenvalue weighted by atomic mass is 32.1. The normalized spacial score (nSPS) is 15.3. The van der Waals surface area contributed by atoms with Gasteiger partial charge in [0, 0.05) is 108 Å². The number of rotatable bonds is 16. The number of anilines is 3. The number of alkyl halides is 3. The summed E-state index contributed by atoms with van der Waals surface area (Å²) in [5.74, 6) is -1.76.